The van der Waals surface area contributed by atoms with Gasteiger partial charge in [0.2, 0.25) is 0 Å². The summed E-state index contributed by atoms with van der Waals surface area (Å²) in [6.45, 7) is 9.33. The van der Waals surface area contributed by atoms with Gasteiger partial charge in [-0.1, -0.05) is 13.8 Å². The second kappa shape index (κ2) is 5.29. The standard InChI is InChI=1S/C12H18N2S/c1-8(2)7-14-12(6-13)11-5-9(3)15-10(11)4/h5,8,12,14H,7H2,1-4H3. The van der Waals surface area contributed by atoms with Crippen molar-refractivity contribution in [2.45, 2.75) is 33.7 Å². The molecule has 0 saturated carbocycles. The fraction of sp³-hybridized carbons (Fsp3) is 0.583. The van der Waals surface area contributed by atoms with Crippen molar-refractivity contribution in [3.63, 3.8) is 0 Å². The monoisotopic (exact) mass is 222 g/mol. The molecule has 0 aromatic carbocycles. The van der Waals surface area contributed by atoms with Crippen molar-refractivity contribution in [2.24, 2.45) is 5.92 Å². The van der Waals surface area contributed by atoms with Crippen molar-refractivity contribution < 1.29 is 0 Å². The highest BCUT2D eigenvalue weighted by Crippen LogP contribution is 2.26. The van der Waals surface area contributed by atoms with Crippen LogP contribution in [0.4, 0.5) is 0 Å². The first-order valence-corrected chi connectivity index (χ1v) is 6.06. The van der Waals surface area contributed by atoms with Gasteiger partial charge in [-0.15, -0.1) is 11.3 Å². The average Bonchev–Trinajstić information content (AvgIpc) is 2.46. The Bertz CT molecular complexity index is 360. The van der Waals surface area contributed by atoms with Crippen molar-refractivity contribution in [3.8, 4) is 6.07 Å². The summed E-state index contributed by atoms with van der Waals surface area (Å²) in [5.74, 6) is 0.570. The number of nitriles is 1. The maximum Gasteiger partial charge on any atom is 0.122 e. The van der Waals surface area contributed by atoms with Gasteiger partial charge in [-0.25, -0.2) is 0 Å². The molecule has 0 aliphatic heterocycles. The van der Waals surface area contributed by atoms with Crippen LogP contribution in [0.2, 0.25) is 0 Å². The maximum atomic E-state index is 9.12. The van der Waals surface area contributed by atoms with Crippen LogP contribution in [0.25, 0.3) is 0 Å². The highest BCUT2D eigenvalue weighted by Gasteiger charge is 2.14. The van der Waals surface area contributed by atoms with Gasteiger partial charge in [0.15, 0.2) is 0 Å². The van der Waals surface area contributed by atoms with Crippen LogP contribution in [-0.2, 0) is 0 Å². The Morgan fingerprint density at radius 1 is 1.47 bits per heavy atom. The van der Waals surface area contributed by atoms with E-state index in [1.54, 1.807) is 11.3 Å². The van der Waals surface area contributed by atoms with Crippen molar-refractivity contribution in [3.05, 3.63) is 21.4 Å². The van der Waals surface area contributed by atoms with Gasteiger partial charge in [0.1, 0.15) is 6.04 Å². The first-order chi connectivity index (χ1) is 7.04. The van der Waals surface area contributed by atoms with Crippen molar-refractivity contribution in [2.75, 3.05) is 6.54 Å². The Morgan fingerprint density at radius 3 is 2.53 bits per heavy atom. The van der Waals surface area contributed by atoms with Crippen LogP contribution in [0.1, 0.15) is 35.2 Å². The summed E-state index contributed by atoms with van der Waals surface area (Å²) < 4.78 is 0. The van der Waals surface area contributed by atoms with Crippen LogP contribution in [-0.4, -0.2) is 6.54 Å². The molecule has 3 heteroatoms. The first kappa shape index (κ1) is 12.2. The Morgan fingerprint density at radius 2 is 2.13 bits per heavy atom. The molecule has 0 amide bonds. The molecule has 82 valence electrons. The van der Waals surface area contributed by atoms with Gasteiger partial charge in [-0.2, -0.15) is 5.26 Å². The molecule has 0 spiro atoms. The number of hydrogen-bond donors (Lipinski definition) is 1. The molecule has 0 aliphatic carbocycles. The Balaban J connectivity index is 2.75. The molecule has 1 atom stereocenters. The Hall–Kier alpha value is -0.850. The summed E-state index contributed by atoms with van der Waals surface area (Å²) in [5.41, 5.74) is 1.14. The van der Waals surface area contributed by atoms with Gasteiger partial charge in [0.05, 0.1) is 6.07 Å². The molecule has 0 aliphatic rings. The SMILES string of the molecule is Cc1cc(C(C#N)NCC(C)C)c(C)s1. The van der Waals surface area contributed by atoms with E-state index in [0.29, 0.717) is 5.92 Å². The minimum absolute atomic E-state index is 0.155. The molecular formula is C12H18N2S. The molecule has 1 unspecified atom stereocenters. The minimum Gasteiger partial charge on any atom is -0.298 e. The zero-order valence-electron chi connectivity index (χ0n) is 9.79. The van der Waals surface area contributed by atoms with Gasteiger partial charge in [-0.3, -0.25) is 5.32 Å². The molecule has 0 saturated heterocycles. The number of thiophene rings is 1. The smallest absolute Gasteiger partial charge is 0.122 e. The van der Waals surface area contributed by atoms with Crippen molar-refractivity contribution >= 4 is 11.3 Å². The lowest BCUT2D eigenvalue weighted by molar-refractivity contribution is 0.525. The lowest BCUT2D eigenvalue weighted by Crippen LogP contribution is -2.24. The normalized spacial score (nSPS) is 12.8. The highest BCUT2D eigenvalue weighted by atomic mass is 32.1. The van der Waals surface area contributed by atoms with E-state index in [1.807, 2.05) is 0 Å². The van der Waals surface area contributed by atoms with Gasteiger partial charge in [-0.05, 0) is 37.9 Å². The van der Waals surface area contributed by atoms with Gasteiger partial charge in [0.25, 0.3) is 0 Å². The van der Waals surface area contributed by atoms with E-state index in [1.165, 1.54) is 9.75 Å². The third kappa shape index (κ3) is 3.33. The molecule has 0 bridgehead atoms. The second-order valence-electron chi connectivity index (χ2n) is 4.23. The number of rotatable bonds is 4. The Labute approximate surface area is 95.9 Å². The number of aryl methyl sites for hydroxylation is 2. The van der Waals surface area contributed by atoms with E-state index in [4.69, 9.17) is 5.26 Å². The third-order valence-electron chi connectivity index (χ3n) is 2.25. The lowest BCUT2D eigenvalue weighted by atomic mass is 10.1. The van der Waals surface area contributed by atoms with Gasteiger partial charge >= 0.3 is 0 Å². The molecule has 0 fully saturated rings. The Kier molecular flexibility index (Phi) is 4.31. The summed E-state index contributed by atoms with van der Waals surface area (Å²) in [6.07, 6.45) is 0. The molecule has 1 aromatic heterocycles. The summed E-state index contributed by atoms with van der Waals surface area (Å²) in [6, 6.07) is 4.28. The predicted molar refractivity (Wildman–Crippen MR) is 65.0 cm³/mol. The molecule has 15 heavy (non-hydrogen) atoms. The summed E-state index contributed by atoms with van der Waals surface area (Å²) in [5, 5.41) is 12.4. The fourth-order valence-corrected chi connectivity index (χ4v) is 2.48. The lowest BCUT2D eigenvalue weighted by Gasteiger charge is -2.13. The quantitative estimate of drug-likeness (QED) is 0.849. The van der Waals surface area contributed by atoms with Crippen molar-refractivity contribution in [1.29, 1.82) is 5.26 Å². The number of nitrogens with one attached hydrogen (secondary N) is 1. The third-order valence-corrected chi connectivity index (χ3v) is 3.23. The zero-order chi connectivity index (χ0) is 11.4. The molecule has 1 aromatic rings. The highest BCUT2D eigenvalue weighted by molar-refractivity contribution is 7.12. The number of hydrogen-bond acceptors (Lipinski definition) is 3. The largest absolute Gasteiger partial charge is 0.298 e. The topological polar surface area (TPSA) is 35.8 Å². The fourth-order valence-electron chi connectivity index (χ4n) is 1.52. The van der Waals surface area contributed by atoms with E-state index in [2.05, 4.69) is 45.1 Å². The van der Waals surface area contributed by atoms with E-state index < -0.39 is 0 Å². The molecule has 1 heterocycles. The van der Waals surface area contributed by atoms with Crippen LogP contribution >= 0.6 is 11.3 Å². The molecule has 1 N–H and O–H groups in total. The predicted octanol–water partition coefficient (Wildman–Crippen LogP) is 3.18. The zero-order valence-corrected chi connectivity index (χ0v) is 10.6. The van der Waals surface area contributed by atoms with E-state index >= 15 is 0 Å². The van der Waals surface area contributed by atoms with Crippen LogP contribution in [0.3, 0.4) is 0 Å². The average molecular weight is 222 g/mol. The second-order valence-corrected chi connectivity index (χ2v) is 5.69. The molecule has 1 rings (SSSR count). The van der Waals surface area contributed by atoms with Crippen LogP contribution in [0.15, 0.2) is 6.07 Å². The maximum absolute atomic E-state index is 9.12. The summed E-state index contributed by atoms with van der Waals surface area (Å²) in [7, 11) is 0. The van der Waals surface area contributed by atoms with E-state index in [-0.39, 0.29) is 6.04 Å². The van der Waals surface area contributed by atoms with E-state index in [9.17, 15) is 0 Å². The van der Waals surface area contributed by atoms with Crippen LogP contribution in [0.5, 0.6) is 0 Å². The van der Waals surface area contributed by atoms with Crippen LogP contribution < -0.4 is 5.32 Å². The van der Waals surface area contributed by atoms with Gasteiger partial charge in [0, 0.05) is 9.75 Å². The molecular weight excluding hydrogens is 204 g/mol. The van der Waals surface area contributed by atoms with Crippen molar-refractivity contribution in [1.82, 2.24) is 5.32 Å². The van der Waals surface area contributed by atoms with Crippen LogP contribution in [0, 0.1) is 31.1 Å². The number of nitrogens with zero attached hydrogens (tertiary/aromatic N) is 1. The van der Waals surface area contributed by atoms with E-state index in [0.717, 1.165) is 12.1 Å². The molecule has 0 radical (unpaired) electrons. The summed E-state index contributed by atoms with van der Waals surface area (Å²) in [4.78, 5) is 2.52. The first-order valence-electron chi connectivity index (χ1n) is 5.24. The molecule has 2 nitrogen and oxygen atoms in total. The summed E-state index contributed by atoms with van der Waals surface area (Å²) >= 11 is 1.76. The minimum atomic E-state index is -0.155. The van der Waals surface area contributed by atoms with Gasteiger partial charge < -0.3 is 0 Å².